The lowest BCUT2D eigenvalue weighted by Crippen LogP contribution is -2.15. The van der Waals surface area contributed by atoms with Crippen LogP contribution in [0.25, 0.3) is 0 Å². The summed E-state index contributed by atoms with van der Waals surface area (Å²) in [4.78, 5) is 16.0. The molecule has 2 rings (SSSR count). The average molecular weight is 207 g/mol. The van der Waals surface area contributed by atoms with Crippen molar-refractivity contribution in [3.05, 3.63) is 24.0 Å². The van der Waals surface area contributed by atoms with Gasteiger partial charge in [0.1, 0.15) is 5.75 Å². The van der Waals surface area contributed by atoms with Crippen LogP contribution in [-0.4, -0.2) is 31.1 Å². The summed E-state index contributed by atoms with van der Waals surface area (Å²) in [6.07, 6.45) is 3.96. The fourth-order valence-electron chi connectivity index (χ4n) is 1.71. The van der Waals surface area contributed by atoms with E-state index in [1.165, 1.54) is 0 Å². The molecule has 1 saturated heterocycles. The van der Waals surface area contributed by atoms with Crippen molar-refractivity contribution in [2.24, 2.45) is 5.92 Å². The highest BCUT2D eigenvalue weighted by Gasteiger charge is 2.26. The van der Waals surface area contributed by atoms with Gasteiger partial charge in [0.05, 0.1) is 25.5 Å². The number of rotatable bonds is 3. The van der Waals surface area contributed by atoms with E-state index in [1.54, 1.807) is 25.6 Å². The molecular formula is C11H13NO3. The van der Waals surface area contributed by atoms with Crippen molar-refractivity contribution in [1.29, 1.82) is 0 Å². The molecule has 1 aromatic heterocycles. The Hall–Kier alpha value is -1.42. The number of aromatic nitrogens is 1. The Bertz CT molecular complexity index is 359. The van der Waals surface area contributed by atoms with Crippen molar-refractivity contribution >= 4 is 5.78 Å². The van der Waals surface area contributed by atoms with Crippen LogP contribution in [0.1, 0.15) is 16.8 Å². The van der Waals surface area contributed by atoms with Crippen LogP contribution in [0, 0.1) is 5.92 Å². The van der Waals surface area contributed by atoms with Crippen molar-refractivity contribution in [2.75, 3.05) is 20.3 Å². The Kier molecular flexibility index (Phi) is 2.97. The molecule has 1 fully saturated rings. The summed E-state index contributed by atoms with van der Waals surface area (Å²) in [5.41, 5.74) is 0.600. The fraction of sp³-hybridized carbons (Fsp3) is 0.455. The minimum absolute atomic E-state index is 0.0266. The molecular weight excluding hydrogens is 194 g/mol. The first-order chi connectivity index (χ1) is 7.33. The van der Waals surface area contributed by atoms with E-state index in [0.717, 1.165) is 6.42 Å². The number of hydrogen-bond acceptors (Lipinski definition) is 4. The lowest BCUT2D eigenvalue weighted by atomic mass is 9.97. The van der Waals surface area contributed by atoms with Crippen LogP contribution in [0.3, 0.4) is 0 Å². The summed E-state index contributed by atoms with van der Waals surface area (Å²) in [6, 6.07) is 1.69. The molecule has 4 heteroatoms. The molecule has 1 aliphatic heterocycles. The lowest BCUT2D eigenvalue weighted by Gasteiger charge is -2.09. The smallest absolute Gasteiger partial charge is 0.172 e. The van der Waals surface area contributed by atoms with Gasteiger partial charge in [-0.25, -0.2) is 0 Å². The SMILES string of the molecule is COc1cnccc1C(=O)C1CCOC1. The average Bonchev–Trinajstić information content (AvgIpc) is 2.81. The van der Waals surface area contributed by atoms with Gasteiger partial charge in [0.25, 0.3) is 0 Å². The topological polar surface area (TPSA) is 48.4 Å². The Morgan fingerprint density at radius 3 is 3.20 bits per heavy atom. The Balaban J connectivity index is 2.24. The van der Waals surface area contributed by atoms with E-state index in [1.807, 2.05) is 0 Å². The molecule has 0 aromatic carbocycles. The lowest BCUT2D eigenvalue weighted by molar-refractivity contribution is 0.0897. The van der Waals surface area contributed by atoms with Gasteiger partial charge < -0.3 is 9.47 Å². The first kappa shape index (κ1) is 10.1. The van der Waals surface area contributed by atoms with Crippen LogP contribution in [0.4, 0.5) is 0 Å². The van der Waals surface area contributed by atoms with Crippen LogP contribution >= 0.6 is 0 Å². The molecule has 0 radical (unpaired) electrons. The van der Waals surface area contributed by atoms with Gasteiger partial charge in [-0.05, 0) is 12.5 Å². The van der Waals surface area contributed by atoms with Crippen LogP contribution in [0.5, 0.6) is 5.75 Å². The highest BCUT2D eigenvalue weighted by Crippen LogP contribution is 2.23. The van der Waals surface area contributed by atoms with Gasteiger partial charge in [0, 0.05) is 18.7 Å². The molecule has 1 atom stereocenters. The van der Waals surface area contributed by atoms with E-state index in [2.05, 4.69) is 4.98 Å². The second-order valence-electron chi connectivity index (χ2n) is 3.50. The van der Waals surface area contributed by atoms with Crippen LogP contribution in [0.2, 0.25) is 0 Å². The number of Topliss-reactive ketones (excluding diaryl/α,β-unsaturated/α-hetero) is 1. The third-order valence-corrected chi connectivity index (χ3v) is 2.57. The second-order valence-corrected chi connectivity index (χ2v) is 3.50. The van der Waals surface area contributed by atoms with Gasteiger partial charge in [-0.3, -0.25) is 9.78 Å². The number of carbonyl (C=O) groups is 1. The van der Waals surface area contributed by atoms with E-state index >= 15 is 0 Å². The first-order valence-corrected chi connectivity index (χ1v) is 4.93. The van der Waals surface area contributed by atoms with Crippen LogP contribution < -0.4 is 4.74 Å². The van der Waals surface area contributed by atoms with Crippen LogP contribution in [-0.2, 0) is 4.74 Å². The molecule has 0 N–H and O–H groups in total. The molecule has 80 valence electrons. The summed E-state index contributed by atoms with van der Waals surface area (Å²) in [5, 5.41) is 0. The molecule has 0 bridgehead atoms. The number of carbonyl (C=O) groups excluding carboxylic acids is 1. The maximum absolute atomic E-state index is 12.0. The maximum atomic E-state index is 12.0. The Morgan fingerprint density at radius 2 is 2.53 bits per heavy atom. The first-order valence-electron chi connectivity index (χ1n) is 4.93. The molecule has 1 aliphatic rings. The summed E-state index contributed by atoms with van der Waals surface area (Å²) < 4.78 is 10.3. The van der Waals surface area contributed by atoms with Crippen molar-refractivity contribution in [2.45, 2.75) is 6.42 Å². The van der Waals surface area contributed by atoms with Crippen LogP contribution in [0.15, 0.2) is 18.5 Å². The minimum Gasteiger partial charge on any atom is -0.494 e. The summed E-state index contributed by atoms with van der Waals surface area (Å²) in [5.74, 6) is 0.599. The molecule has 1 aromatic rings. The zero-order valence-corrected chi connectivity index (χ0v) is 8.60. The highest BCUT2D eigenvalue weighted by atomic mass is 16.5. The number of nitrogens with zero attached hydrogens (tertiary/aromatic N) is 1. The third kappa shape index (κ3) is 1.99. The van der Waals surface area contributed by atoms with E-state index in [-0.39, 0.29) is 11.7 Å². The number of ketones is 1. The monoisotopic (exact) mass is 207 g/mol. The standard InChI is InChI=1S/C11H13NO3/c1-14-10-6-12-4-2-9(10)11(13)8-3-5-15-7-8/h2,4,6,8H,3,5,7H2,1H3. The van der Waals surface area contributed by atoms with Gasteiger partial charge >= 0.3 is 0 Å². The highest BCUT2D eigenvalue weighted by molar-refractivity contribution is 6.00. The van der Waals surface area contributed by atoms with Crippen molar-refractivity contribution in [3.8, 4) is 5.75 Å². The zero-order valence-electron chi connectivity index (χ0n) is 8.60. The summed E-state index contributed by atoms with van der Waals surface area (Å²) in [7, 11) is 1.54. The third-order valence-electron chi connectivity index (χ3n) is 2.57. The Morgan fingerprint density at radius 1 is 1.67 bits per heavy atom. The number of ether oxygens (including phenoxy) is 2. The largest absolute Gasteiger partial charge is 0.494 e. The molecule has 0 aliphatic carbocycles. The number of methoxy groups -OCH3 is 1. The minimum atomic E-state index is -0.0266. The maximum Gasteiger partial charge on any atom is 0.172 e. The Labute approximate surface area is 88.2 Å². The van der Waals surface area contributed by atoms with E-state index in [0.29, 0.717) is 24.5 Å². The van der Waals surface area contributed by atoms with Crippen molar-refractivity contribution < 1.29 is 14.3 Å². The zero-order chi connectivity index (χ0) is 10.7. The summed E-state index contributed by atoms with van der Waals surface area (Å²) >= 11 is 0. The van der Waals surface area contributed by atoms with Gasteiger partial charge in [-0.1, -0.05) is 0 Å². The van der Waals surface area contributed by atoms with E-state index < -0.39 is 0 Å². The molecule has 1 unspecified atom stereocenters. The predicted molar refractivity (Wildman–Crippen MR) is 54.0 cm³/mol. The van der Waals surface area contributed by atoms with Gasteiger partial charge in [-0.15, -0.1) is 0 Å². The van der Waals surface area contributed by atoms with Gasteiger partial charge in [0.15, 0.2) is 5.78 Å². The molecule has 0 amide bonds. The summed E-state index contributed by atoms with van der Waals surface area (Å²) in [6.45, 7) is 1.19. The van der Waals surface area contributed by atoms with Crippen molar-refractivity contribution in [3.63, 3.8) is 0 Å². The van der Waals surface area contributed by atoms with Crippen molar-refractivity contribution in [1.82, 2.24) is 4.98 Å². The van der Waals surface area contributed by atoms with E-state index in [9.17, 15) is 4.79 Å². The molecule has 2 heterocycles. The fourth-order valence-corrected chi connectivity index (χ4v) is 1.71. The molecule has 15 heavy (non-hydrogen) atoms. The van der Waals surface area contributed by atoms with E-state index in [4.69, 9.17) is 9.47 Å². The number of pyridine rings is 1. The normalized spacial score (nSPS) is 20.2. The predicted octanol–water partition coefficient (Wildman–Crippen LogP) is 1.31. The number of hydrogen-bond donors (Lipinski definition) is 0. The van der Waals surface area contributed by atoms with Gasteiger partial charge in [-0.2, -0.15) is 0 Å². The molecule has 0 spiro atoms. The van der Waals surface area contributed by atoms with Gasteiger partial charge in [0.2, 0.25) is 0 Å². The quantitative estimate of drug-likeness (QED) is 0.701. The molecule has 4 nitrogen and oxygen atoms in total. The second kappa shape index (κ2) is 4.40. The molecule has 0 saturated carbocycles.